The number of carbonyl (C=O) groups excluding carboxylic acids is 1. The van der Waals surface area contributed by atoms with Gasteiger partial charge in [-0.1, -0.05) is 23.5 Å². The van der Waals surface area contributed by atoms with E-state index in [0.717, 1.165) is 28.2 Å². The topological polar surface area (TPSA) is 91.2 Å². The van der Waals surface area contributed by atoms with E-state index in [1.54, 1.807) is 0 Å². The van der Waals surface area contributed by atoms with E-state index < -0.39 is 5.97 Å². The lowest BCUT2D eigenvalue weighted by Crippen LogP contribution is -2.19. The first-order chi connectivity index (χ1) is 9.08. The maximum absolute atomic E-state index is 11.1. The van der Waals surface area contributed by atoms with E-state index in [4.69, 9.17) is 16.2 Å². The number of hydrogen-bond acceptors (Lipinski definition) is 6. The van der Waals surface area contributed by atoms with Crippen LogP contribution in [0.3, 0.4) is 0 Å². The number of aromatic nitrogens is 1. The highest BCUT2D eigenvalue weighted by molar-refractivity contribution is 7.13. The standard InChI is InChI=1S/C13H15N3O2S/c1-8-11(6-9-2-4-10(15)5-3-9)19-13(16-8)18-12(17)7-14/h2-5H,6-7,14-15H2,1H3. The third-order valence-electron chi connectivity index (χ3n) is 2.59. The zero-order chi connectivity index (χ0) is 13.8. The van der Waals surface area contributed by atoms with Crippen molar-refractivity contribution in [3.63, 3.8) is 0 Å². The molecule has 5 nitrogen and oxygen atoms in total. The highest BCUT2D eigenvalue weighted by Crippen LogP contribution is 2.27. The maximum Gasteiger partial charge on any atom is 0.327 e. The summed E-state index contributed by atoms with van der Waals surface area (Å²) in [6, 6.07) is 7.67. The molecule has 100 valence electrons. The van der Waals surface area contributed by atoms with Gasteiger partial charge in [0.2, 0.25) is 0 Å². The minimum Gasteiger partial charge on any atom is -0.399 e. The number of nitrogens with two attached hydrogens (primary N) is 2. The summed E-state index contributed by atoms with van der Waals surface area (Å²) in [6.45, 7) is 1.74. The molecule has 0 fully saturated rings. The lowest BCUT2D eigenvalue weighted by atomic mass is 10.1. The van der Waals surface area contributed by atoms with Gasteiger partial charge in [-0.05, 0) is 24.6 Å². The van der Waals surface area contributed by atoms with Crippen molar-refractivity contribution in [2.24, 2.45) is 5.73 Å². The van der Waals surface area contributed by atoms with Gasteiger partial charge in [-0.3, -0.25) is 4.79 Å². The molecule has 4 N–H and O–H groups in total. The SMILES string of the molecule is Cc1nc(OC(=O)CN)sc1Cc1ccc(N)cc1. The minimum absolute atomic E-state index is 0.147. The second-order valence-electron chi connectivity index (χ2n) is 4.08. The molecule has 0 saturated carbocycles. The first-order valence-corrected chi connectivity index (χ1v) is 6.61. The Labute approximate surface area is 115 Å². The van der Waals surface area contributed by atoms with Crippen molar-refractivity contribution < 1.29 is 9.53 Å². The van der Waals surface area contributed by atoms with E-state index in [2.05, 4.69) is 4.98 Å². The molecule has 1 aromatic carbocycles. The Morgan fingerprint density at radius 3 is 2.68 bits per heavy atom. The van der Waals surface area contributed by atoms with Crippen LogP contribution in [0, 0.1) is 6.92 Å². The first kappa shape index (κ1) is 13.5. The first-order valence-electron chi connectivity index (χ1n) is 5.80. The van der Waals surface area contributed by atoms with Crippen molar-refractivity contribution in [3.8, 4) is 5.19 Å². The lowest BCUT2D eigenvalue weighted by molar-refractivity contribution is -0.132. The molecule has 1 aromatic heterocycles. The van der Waals surface area contributed by atoms with Crippen molar-refractivity contribution in [3.05, 3.63) is 40.4 Å². The fourth-order valence-electron chi connectivity index (χ4n) is 1.57. The second-order valence-corrected chi connectivity index (χ2v) is 5.13. The van der Waals surface area contributed by atoms with Crippen molar-refractivity contribution in [1.29, 1.82) is 0 Å². The molecule has 0 saturated heterocycles. The molecule has 0 unspecified atom stereocenters. The van der Waals surface area contributed by atoms with Crippen molar-refractivity contribution >= 4 is 23.0 Å². The molecule has 0 radical (unpaired) electrons. The number of rotatable bonds is 4. The zero-order valence-electron chi connectivity index (χ0n) is 10.6. The summed E-state index contributed by atoms with van der Waals surface area (Å²) < 4.78 is 5.01. The van der Waals surface area contributed by atoms with E-state index in [1.807, 2.05) is 31.2 Å². The molecule has 2 aromatic rings. The van der Waals surface area contributed by atoms with Gasteiger partial charge in [0.15, 0.2) is 0 Å². The van der Waals surface area contributed by atoms with Crippen LogP contribution in [0.15, 0.2) is 24.3 Å². The van der Waals surface area contributed by atoms with E-state index in [1.165, 1.54) is 11.3 Å². The van der Waals surface area contributed by atoms with Crippen LogP contribution in [0.5, 0.6) is 5.19 Å². The number of aryl methyl sites for hydroxylation is 1. The molecule has 0 atom stereocenters. The molecule has 0 amide bonds. The molecular weight excluding hydrogens is 262 g/mol. The van der Waals surface area contributed by atoms with Gasteiger partial charge >= 0.3 is 5.97 Å². The van der Waals surface area contributed by atoms with Crippen LogP contribution in [-0.2, 0) is 11.2 Å². The summed E-state index contributed by atoms with van der Waals surface area (Å²) >= 11 is 1.36. The van der Waals surface area contributed by atoms with Gasteiger partial charge in [-0.25, -0.2) is 4.98 Å². The normalized spacial score (nSPS) is 10.4. The van der Waals surface area contributed by atoms with Crippen LogP contribution in [0.1, 0.15) is 16.1 Å². The number of thiazole rings is 1. The molecule has 0 aliphatic carbocycles. The Kier molecular flexibility index (Phi) is 4.13. The second kappa shape index (κ2) is 5.81. The zero-order valence-corrected chi connectivity index (χ0v) is 11.4. The van der Waals surface area contributed by atoms with Crippen molar-refractivity contribution in [2.45, 2.75) is 13.3 Å². The number of carbonyl (C=O) groups is 1. The average molecular weight is 277 g/mol. The molecule has 19 heavy (non-hydrogen) atoms. The summed E-state index contributed by atoms with van der Waals surface area (Å²) in [6.07, 6.45) is 0.740. The molecule has 0 spiro atoms. The smallest absolute Gasteiger partial charge is 0.327 e. The number of esters is 1. The van der Waals surface area contributed by atoms with Crippen LogP contribution in [0.2, 0.25) is 0 Å². The van der Waals surface area contributed by atoms with E-state index in [9.17, 15) is 4.79 Å². The molecule has 0 aliphatic heterocycles. The van der Waals surface area contributed by atoms with Gasteiger partial charge in [-0.2, -0.15) is 0 Å². The molecule has 0 aliphatic rings. The number of nitrogen functional groups attached to an aromatic ring is 1. The van der Waals surface area contributed by atoms with E-state index >= 15 is 0 Å². The van der Waals surface area contributed by atoms with Crippen LogP contribution in [0.4, 0.5) is 5.69 Å². The molecule has 6 heteroatoms. The highest BCUT2D eigenvalue weighted by Gasteiger charge is 2.11. The lowest BCUT2D eigenvalue weighted by Gasteiger charge is -2.00. The molecule has 2 rings (SSSR count). The highest BCUT2D eigenvalue weighted by atomic mass is 32.1. The predicted molar refractivity (Wildman–Crippen MR) is 75.2 cm³/mol. The summed E-state index contributed by atoms with van der Waals surface area (Å²) in [5.41, 5.74) is 13.6. The maximum atomic E-state index is 11.1. The number of anilines is 1. The minimum atomic E-state index is -0.479. The summed E-state index contributed by atoms with van der Waals surface area (Å²) in [5, 5.41) is 0.346. The van der Waals surface area contributed by atoms with Gasteiger partial charge in [0, 0.05) is 17.0 Å². The van der Waals surface area contributed by atoms with Gasteiger partial charge < -0.3 is 16.2 Å². The largest absolute Gasteiger partial charge is 0.399 e. The molecular formula is C13H15N3O2S. The third kappa shape index (κ3) is 3.52. The Hall–Kier alpha value is -1.92. The van der Waals surface area contributed by atoms with Gasteiger partial charge in [-0.15, -0.1) is 0 Å². The van der Waals surface area contributed by atoms with Crippen LogP contribution in [0.25, 0.3) is 0 Å². The Morgan fingerprint density at radius 1 is 1.37 bits per heavy atom. The van der Waals surface area contributed by atoms with Crippen molar-refractivity contribution in [1.82, 2.24) is 4.98 Å². The average Bonchev–Trinajstić information content (AvgIpc) is 2.72. The van der Waals surface area contributed by atoms with Gasteiger partial charge in [0.25, 0.3) is 5.19 Å². The monoisotopic (exact) mass is 277 g/mol. The predicted octanol–water partition coefficient (Wildman–Crippen LogP) is 1.49. The fourth-order valence-corrected chi connectivity index (χ4v) is 2.53. The number of nitrogens with zero attached hydrogens (tertiary/aromatic N) is 1. The van der Waals surface area contributed by atoms with E-state index in [-0.39, 0.29) is 6.54 Å². The van der Waals surface area contributed by atoms with Crippen LogP contribution >= 0.6 is 11.3 Å². The fraction of sp³-hybridized carbons (Fsp3) is 0.231. The van der Waals surface area contributed by atoms with E-state index in [0.29, 0.717) is 5.19 Å². The quantitative estimate of drug-likeness (QED) is 0.652. The summed E-state index contributed by atoms with van der Waals surface area (Å²) in [4.78, 5) is 16.4. The Balaban J connectivity index is 2.12. The number of benzene rings is 1. The third-order valence-corrected chi connectivity index (χ3v) is 3.62. The van der Waals surface area contributed by atoms with Gasteiger partial charge in [0.05, 0.1) is 12.2 Å². The van der Waals surface area contributed by atoms with Crippen LogP contribution < -0.4 is 16.2 Å². The Morgan fingerprint density at radius 2 is 2.05 bits per heavy atom. The van der Waals surface area contributed by atoms with Crippen LogP contribution in [-0.4, -0.2) is 17.5 Å². The van der Waals surface area contributed by atoms with Gasteiger partial charge in [0.1, 0.15) is 0 Å². The molecule has 0 bridgehead atoms. The Bertz CT molecular complexity index is 578. The molecule has 1 heterocycles. The summed E-state index contributed by atoms with van der Waals surface area (Å²) in [5.74, 6) is -0.479. The number of ether oxygens (including phenoxy) is 1. The van der Waals surface area contributed by atoms with Crippen molar-refractivity contribution in [2.75, 3.05) is 12.3 Å². The number of hydrogen-bond donors (Lipinski definition) is 2. The summed E-state index contributed by atoms with van der Waals surface area (Å²) in [7, 11) is 0.